The Morgan fingerprint density at radius 1 is 1.06 bits per heavy atom. The van der Waals surface area contributed by atoms with Crippen molar-refractivity contribution in [3.63, 3.8) is 0 Å². The minimum absolute atomic E-state index is 0.384. The van der Waals surface area contributed by atoms with Crippen LogP contribution in [0.1, 0.15) is 0 Å². The second-order valence-corrected chi connectivity index (χ2v) is 3.90. The van der Waals surface area contributed by atoms with Crippen LogP contribution in [0.25, 0.3) is 16.5 Å². The smallest absolute Gasteiger partial charge is 0.139 e. The summed E-state index contributed by atoms with van der Waals surface area (Å²) < 4.78 is 2.00. The van der Waals surface area contributed by atoms with Gasteiger partial charge in [-0.3, -0.25) is 0 Å². The van der Waals surface area contributed by atoms with Crippen molar-refractivity contribution in [2.45, 2.75) is 0 Å². The fourth-order valence-electron chi connectivity index (χ4n) is 1.73. The predicted octanol–water partition coefficient (Wildman–Crippen LogP) is 3.48. The summed E-state index contributed by atoms with van der Waals surface area (Å²) in [6.07, 6.45) is 5.79. The van der Waals surface area contributed by atoms with E-state index in [1.165, 1.54) is 10.8 Å². The number of rotatable bonds is 1. The summed E-state index contributed by atoms with van der Waals surface area (Å²) in [5.74, 6) is 0. The third-order valence-corrected chi connectivity index (χ3v) is 2.67. The molecule has 0 aliphatic heterocycles. The molecule has 1 radical (unpaired) electrons. The SMILES string of the molecule is Clc1[c]c(-n2cc3ccccc3c2)ccn1. The molecule has 0 spiro atoms. The number of hydrogen-bond acceptors (Lipinski definition) is 1. The third kappa shape index (κ3) is 1.57. The van der Waals surface area contributed by atoms with Gasteiger partial charge in [0.05, 0.1) is 5.69 Å². The van der Waals surface area contributed by atoms with Gasteiger partial charge in [-0.25, -0.2) is 4.98 Å². The summed E-state index contributed by atoms with van der Waals surface area (Å²) >= 11 is 5.81. The van der Waals surface area contributed by atoms with Crippen LogP contribution in [0, 0.1) is 6.07 Å². The Balaban J connectivity index is 2.19. The minimum atomic E-state index is 0.384. The standard InChI is InChI=1S/C13H8ClN2/c14-13-7-12(5-6-15-13)16-8-10-3-1-2-4-11(10)9-16/h1-6,8-9H. The van der Waals surface area contributed by atoms with E-state index < -0.39 is 0 Å². The number of aromatic nitrogens is 2. The molecular weight excluding hydrogens is 220 g/mol. The molecule has 16 heavy (non-hydrogen) atoms. The Bertz CT molecular complexity index is 610. The molecule has 0 bridgehead atoms. The van der Waals surface area contributed by atoms with Crippen LogP contribution in [0.2, 0.25) is 5.15 Å². The Kier molecular flexibility index (Phi) is 2.15. The van der Waals surface area contributed by atoms with Crippen molar-refractivity contribution in [3.8, 4) is 5.69 Å². The number of nitrogens with zero attached hydrogens (tertiary/aromatic N) is 2. The van der Waals surface area contributed by atoms with Crippen molar-refractivity contribution in [2.24, 2.45) is 0 Å². The molecule has 2 nitrogen and oxygen atoms in total. The molecule has 2 heterocycles. The van der Waals surface area contributed by atoms with E-state index in [4.69, 9.17) is 11.6 Å². The number of fused-ring (bicyclic) bond motifs is 1. The molecule has 0 aliphatic rings. The lowest BCUT2D eigenvalue weighted by molar-refractivity contribution is 1.07. The highest BCUT2D eigenvalue weighted by atomic mass is 35.5. The first-order valence-electron chi connectivity index (χ1n) is 4.94. The van der Waals surface area contributed by atoms with E-state index in [9.17, 15) is 0 Å². The Morgan fingerprint density at radius 2 is 1.75 bits per heavy atom. The van der Waals surface area contributed by atoms with E-state index in [1.54, 1.807) is 6.20 Å². The van der Waals surface area contributed by atoms with E-state index in [2.05, 4.69) is 35.6 Å². The normalized spacial score (nSPS) is 10.8. The molecule has 0 unspecified atom stereocenters. The zero-order valence-corrected chi connectivity index (χ0v) is 9.15. The van der Waals surface area contributed by atoms with E-state index in [-0.39, 0.29) is 0 Å². The number of halogens is 1. The zero-order chi connectivity index (χ0) is 11.0. The molecule has 0 atom stereocenters. The minimum Gasteiger partial charge on any atom is -0.322 e. The second kappa shape index (κ2) is 3.65. The van der Waals surface area contributed by atoms with Crippen molar-refractivity contribution >= 4 is 22.4 Å². The molecule has 3 heteroatoms. The van der Waals surface area contributed by atoms with Crippen LogP contribution in [-0.2, 0) is 0 Å². The summed E-state index contributed by atoms with van der Waals surface area (Å²) in [5, 5.41) is 2.78. The van der Waals surface area contributed by atoms with Gasteiger partial charge in [-0.1, -0.05) is 35.9 Å². The Labute approximate surface area is 98.1 Å². The highest BCUT2D eigenvalue weighted by Crippen LogP contribution is 2.19. The molecule has 3 aromatic rings. The van der Waals surface area contributed by atoms with Gasteiger partial charge < -0.3 is 4.57 Å². The van der Waals surface area contributed by atoms with Crippen molar-refractivity contribution in [3.05, 3.63) is 60.1 Å². The van der Waals surface area contributed by atoms with Crippen molar-refractivity contribution < 1.29 is 0 Å². The maximum Gasteiger partial charge on any atom is 0.139 e. The van der Waals surface area contributed by atoms with Crippen LogP contribution >= 0.6 is 11.6 Å². The van der Waals surface area contributed by atoms with Gasteiger partial charge in [0.25, 0.3) is 0 Å². The van der Waals surface area contributed by atoms with E-state index in [1.807, 2.05) is 22.8 Å². The van der Waals surface area contributed by atoms with Gasteiger partial charge in [-0.2, -0.15) is 0 Å². The fourth-order valence-corrected chi connectivity index (χ4v) is 1.88. The third-order valence-electron chi connectivity index (χ3n) is 2.48. The zero-order valence-electron chi connectivity index (χ0n) is 8.39. The Morgan fingerprint density at radius 3 is 2.38 bits per heavy atom. The number of hydrogen-bond donors (Lipinski definition) is 0. The molecule has 2 aromatic heterocycles. The molecule has 0 saturated heterocycles. The molecule has 1 aromatic carbocycles. The van der Waals surface area contributed by atoms with Gasteiger partial charge in [-0.15, -0.1) is 0 Å². The molecule has 3 rings (SSSR count). The summed E-state index contributed by atoms with van der Waals surface area (Å²) in [6.45, 7) is 0. The summed E-state index contributed by atoms with van der Waals surface area (Å²) in [6, 6.07) is 13.1. The average Bonchev–Trinajstić information content (AvgIpc) is 2.72. The lowest BCUT2D eigenvalue weighted by atomic mass is 10.2. The van der Waals surface area contributed by atoms with Gasteiger partial charge in [-0.05, 0) is 16.8 Å². The fraction of sp³-hybridized carbons (Fsp3) is 0. The quantitative estimate of drug-likeness (QED) is 0.582. The molecule has 0 aliphatic carbocycles. The first-order valence-corrected chi connectivity index (χ1v) is 5.32. The van der Waals surface area contributed by atoms with Gasteiger partial charge in [0.2, 0.25) is 0 Å². The number of benzene rings is 1. The van der Waals surface area contributed by atoms with E-state index in [0.717, 1.165) is 5.69 Å². The lowest BCUT2D eigenvalue weighted by Crippen LogP contribution is -1.90. The molecule has 77 valence electrons. The first kappa shape index (κ1) is 9.43. The number of pyridine rings is 1. The summed E-state index contributed by atoms with van der Waals surface area (Å²) in [7, 11) is 0. The summed E-state index contributed by atoms with van der Waals surface area (Å²) in [4.78, 5) is 3.92. The summed E-state index contributed by atoms with van der Waals surface area (Å²) in [5.41, 5.74) is 0.899. The molecule has 0 fully saturated rings. The lowest BCUT2D eigenvalue weighted by Gasteiger charge is -2.00. The van der Waals surface area contributed by atoms with Crippen LogP contribution in [0.3, 0.4) is 0 Å². The van der Waals surface area contributed by atoms with Gasteiger partial charge in [0.15, 0.2) is 0 Å². The highest BCUT2D eigenvalue weighted by Gasteiger charge is 2.01. The van der Waals surface area contributed by atoms with Gasteiger partial charge in [0.1, 0.15) is 5.15 Å². The maximum atomic E-state index is 5.81. The van der Waals surface area contributed by atoms with Crippen molar-refractivity contribution in [1.82, 2.24) is 9.55 Å². The highest BCUT2D eigenvalue weighted by molar-refractivity contribution is 6.29. The van der Waals surface area contributed by atoms with Crippen LogP contribution < -0.4 is 0 Å². The van der Waals surface area contributed by atoms with Crippen LogP contribution in [0.4, 0.5) is 0 Å². The molecule has 0 amide bonds. The van der Waals surface area contributed by atoms with Crippen LogP contribution in [-0.4, -0.2) is 9.55 Å². The first-order chi connectivity index (χ1) is 7.83. The van der Waals surface area contributed by atoms with Crippen LogP contribution in [0.5, 0.6) is 0 Å². The Hall–Kier alpha value is -1.80. The molecule has 0 saturated carbocycles. The van der Waals surface area contributed by atoms with Crippen LogP contribution in [0.15, 0.2) is 48.9 Å². The van der Waals surface area contributed by atoms with Crippen molar-refractivity contribution in [2.75, 3.05) is 0 Å². The maximum absolute atomic E-state index is 5.81. The van der Waals surface area contributed by atoms with Crippen molar-refractivity contribution in [1.29, 1.82) is 0 Å². The monoisotopic (exact) mass is 227 g/mol. The predicted molar refractivity (Wildman–Crippen MR) is 64.9 cm³/mol. The van der Waals surface area contributed by atoms with E-state index >= 15 is 0 Å². The topological polar surface area (TPSA) is 17.8 Å². The van der Waals surface area contributed by atoms with Gasteiger partial charge in [0, 0.05) is 24.7 Å². The van der Waals surface area contributed by atoms with E-state index in [0.29, 0.717) is 5.15 Å². The molecule has 0 N–H and O–H groups in total. The average molecular weight is 228 g/mol. The largest absolute Gasteiger partial charge is 0.322 e. The van der Waals surface area contributed by atoms with Gasteiger partial charge >= 0.3 is 0 Å². The second-order valence-electron chi connectivity index (χ2n) is 3.54. The molecular formula is C13H8ClN2.